The Labute approximate surface area is 216 Å². The molecule has 1 aliphatic heterocycles. The van der Waals surface area contributed by atoms with E-state index in [0.717, 1.165) is 42.3 Å². The van der Waals surface area contributed by atoms with Gasteiger partial charge in [-0.15, -0.1) is 0 Å². The fourth-order valence-corrected chi connectivity index (χ4v) is 4.31. The molecule has 8 heteroatoms. The summed E-state index contributed by atoms with van der Waals surface area (Å²) in [7, 11) is -0.454. The van der Waals surface area contributed by atoms with Crippen LogP contribution in [-0.2, 0) is 23.6 Å². The molecule has 2 fully saturated rings. The van der Waals surface area contributed by atoms with Crippen molar-refractivity contribution in [2.24, 2.45) is 0 Å². The highest BCUT2D eigenvalue weighted by molar-refractivity contribution is 6.62. The smallest absolute Gasteiger partial charge is 0.461 e. The number of carbonyl (C=O) groups is 2. The molecule has 198 valence electrons. The summed E-state index contributed by atoms with van der Waals surface area (Å²) >= 11 is 0. The van der Waals surface area contributed by atoms with Crippen molar-refractivity contribution in [1.82, 2.24) is 5.32 Å². The quantitative estimate of drug-likeness (QED) is 0.416. The fraction of sp³-hybridized carbons (Fsp3) is 0.643. The van der Waals surface area contributed by atoms with E-state index in [4.69, 9.17) is 18.8 Å². The van der Waals surface area contributed by atoms with Gasteiger partial charge in [0, 0.05) is 0 Å². The molecule has 1 amide bonds. The molecule has 0 radical (unpaired) electrons. The lowest BCUT2D eigenvalue weighted by Gasteiger charge is -2.32. The maximum Gasteiger partial charge on any atom is 0.494 e. The second kappa shape index (κ2) is 11.0. The molecule has 1 atom stereocenters. The van der Waals surface area contributed by atoms with Crippen LogP contribution in [-0.4, -0.2) is 48.1 Å². The zero-order valence-electron chi connectivity index (χ0n) is 23.1. The second-order valence-electron chi connectivity index (χ2n) is 11.9. The predicted molar refractivity (Wildman–Crippen MR) is 142 cm³/mol. The molecule has 1 saturated carbocycles. The van der Waals surface area contributed by atoms with Crippen LogP contribution in [0.15, 0.2) is 24.3 Å². The fourth-order valence-electron chi connectivity index (χ4n) is 4.31. The Kier molecular flexibility index (Phi) is 8.61. The van der Waals surface area contributed by atoms with Crippen LogP contribution in [0.1, 0.15) is 91.7 Å². The molecule has 1 aliphatic carbocycles. The van der Waals surface area contributed by atoms with E-state index in [0.29, 0.717) is 0 Å². The summed E-state index contributed by atoms with van der Waals surface area (Å²) in [5, 5.41) is 2.69. The summed E-state index contributed by atoms with van der Waals surface area (Å²) in [6, 6.07) is 5.31. The SMILES string of the molecule is Cc1cc(/C=C/C[C@H](NC(=O)OC(C)(C)C)C(=O)OC2CCCC2)cc(B2OC(C)(C)C(C)(C)O2)c1. The molecule has 36 heavy (non-hydrogen) atoms. The molecule has 0 spiro atoms. The molecule has 3 rings (SSSR count). The summed E-state index contributed by atoms with van der Waals surface area (Å²) < 4.78 is 23.5. The van der Waals surface area contributed by atoms with Gasteiger partial charge in [0.05, 0.1) is 11.2 Å². The van der Waals surface area contributed by atoms with Gasteiger partial charge in [-0.05, 0) is 98.5 Å². The first-order valence-corrected chi connectivity index (χ1v) is 13.0. The van der Waals surface area contributed by atoms with Crippen LogP contribution in [0.25, 0.3) is 6.08 Å². The van der Waals surface area contributed by atoms with E-state index in [9.17, 15) is 9.59 Å². The number of benzene rings is 1. The third-order valence-electron chi connectivity index (χ3n) is 6.89. The molecule has 1 N–H and O–H groups in total. The van der Waals surface area contributed by atoms with Crippen LogP contribution < -0.4 is 10.8 Å². The average Bonchev–Trinajstić information content (AvgIpc) is 3.30. The Bertz CT molecular complexity index is 959. The molecule has 1 saturated heterocycles. The monoisotopic (exact) mass is 499 g/mol. The van der Waals surface area contributed by atoms with E-state index in [2.05, 4.69) is 17.4 Å². The number of nitrogens with one attached hydrogen (secondary N) is 1. The third kappa shape index (κ3) is 7.59. The molecule has 1 aromatic rings. The Balaban J connectivity index is 1.72. The number of alkyl carbamates (subject to hydrolysis) is 1. The van der Waals surface area contributed by atoms with Gasteiger partial charge in [0.25, 0.3) is 0 Å². The molecule has 2 aliphatic rings. The minimum Gasteiger partial charge on any atom is -0.461 e. The van der Waals surface area contributed by atoms with Gasteiger partial charge in [0.15, 0.2) is 0 Å². The van der Waals surface area contributed by atoms with Crippen molar-refractivity contribution in [1.29, 1.82) is 0 Å². The van der Waals surface area contributed by atoms with Crippen molar-refractivity contribution in [2.45, 2.75) is 116 Å². The highest BCUT2D eigenvalue weighted by atomic mass is 16.7. The van der Waals surface area contributed by atoms with Gasteiger partial charge in [-0.3, -0.25) is 0 Å². The van der Waals surface area contributed by atoms with Gasteiger partial charge >= 0.3 is 19.2 Å². The van der Waals surface area contributed by atoms with Gasteiger partial charge in [-0.25, -0.2) is 9.59 Å². The molecular formula is C28H42BNO6. The average molecular weight is 499 g/mol. The first kappa shape index (κ1) is 28.3. The van der Waals surface area contributed by atoms with Gasteiger partial charge < -0.3 is 24.1 Å². The number of hydrogen-bond donors (Lipinski definition) is 1. The minimum atomic E-state index is -0.830. The van der Waals surface area contributed by atoms with Gasteiger partial charge in [0.2, 0.25) is 0 Å². The first-order valence-electron chi connectivity index (χ1n) is 13.0. The standard InChI is InChI=1S/C28H42BNO6/c1-19-16-20(18-21(17-19)29-35-27(5,6)28(7,8)36-29)12-11-15-23(30-25(32)34-26(2,3)4)24(31)33-22-13-9-10-14-22/h11-12,16-18,22-23H,9-10,13-15H2,1-8H3,(H,30,32)/b12-11+/t23-/m0/s1. The molecule has 0 aromatic heterocycles. The largest absolute Gasteiger partial charge is 0.494 e. The zero-order chi connectivity index (χ0) is 26.7. The van der Waals surface area contributed by atoms with Gasteiger partial charge in [-0.1, -0.05) is 35.9 Å². The Morgan fingerprint density at radius 3 is 2.31 bits per heavy atom. The van der Waals surface area contributed by atoms with E-state index >= 15 is 0 Å². The molecular weight excluding hydrogens is 457 g/mol. The van der Waals surface area contributed by atoms with Crippen LogP contribution in [0.5, 0.6) is 0 Å². The van der Waals surface area contributed by atoms with E-state index in [1.165, 1.54) is 0 Å². The number of esters is 1. The van der Waals surface area contributed by atoms with Crippen LogP contribution in [0.4, 0.5) is 4.79 Å². The van der Waals surface area contributed by atoms with E-state index in [1.807, 2.05) is 52.8 Å². The molecule has 0 bridgehead atoms. The number of aryl methyl sites for hydroxylation is 1. The minimum absolute atomic E-state index is 0.0799. The summed E-state index contributed by atoms with van der Waals surface area (Å²) in [5.41, 5.74) is 1.48. The number of ether oxygens (including phenoxy) is 2. The van der Waals surface area contributed by atoms with Crippen molar-refractivity contribution >= 4 is 30.7 Å². The highest BCUT2D eigenvalue weighted by Gasteiger charge is 2.51. The number of hydrogen-bond acceptors (Lipinski definition) is 6. The maximum atomic E-state index is 12.9. The lowest BCUT2D eigenvalue weighted by atomic mass is 9.77. The summed E-state index contributed by atoms with van der Waals surface area (Å²) in [6.45, 7) is 15.5. The first-order chi connectivity index (χ1) is 16.6. The number of rotatable bonds is 7. The Hall–Kier alpha value is -2.32. The molecule has 1 heterocycles. The summed E-state index contributed by atoms with van der Waals surface area (Å²) in [5.74, 6) is -0.431. The highest BCUT2D eigenvalue weighted by Crippen LogP contribution is 2.36. The van der Waals surface area contributed by atoms with E-state index in [1.54, 1.807) is 20.8 Å². The predicted octanol–water partition coefficient (Wildman–Crippen LogP) is 5.08. The van der Waals surface area contributed by atoms with Crippen molar-refractivity contribution in [3.05, 3.63) is 35.4 Å². The number of amides is 1. The van der Waals surface area contributed by atoms with Crippen molar-refractivity contribution in [2.75, 3.05) is 0 Å². The molecule has 0 unspecified atom stereocenters. The van der Waals surface area contributed by atoms with E-state index in [-0.39, 0.29) is 12.5 Å². The second-order valence-corrected chi connectivity index (χ2v) is 11.9. The normalized spacial score (nSPS) is 20.5. The summed E-state index contributed by atoms with van der Waals surface area (Å²) in [4.78, 5) is 25.3. The third-order valence-corrected chi connectivity index (χ3v) is 6.89. The topological polar surface area (TPSA) is 83.1 Å². The molecule has 1 aromatic carbocycles. The zero-order valence-corrected chi connectivity index (χ0v) is 23.1. The Morgan fingerprint density at radius 1 is 1.11 bits per heavy atom. The van der Waals surface area contributed by atoms with E-state index < -0.39 is 42.0 Å². The maximum absolute atomic E-state index is 12.9. The number of carbonyl (C=O) groups excluding carboxylic acids is 2. The van der Waals surface area contributed by atoms with Crippen LogP contribution in [0.2, 0.25) is 0 Å². The van der Waals surface area contributed by atoms with Crippen LogP contribution in [0, 0.1) is 6.92 Å². The van der Waals surface area contributed by atoms with Crippen molar-refractivity contribution in [3.8, 4) is 0 Å². The van der Waals surface area contributed by atoms with Crippen LogP contribution >= 0.6 is 0 Å². The Morgan fingerprint density at radius 2 is 1.72 bits per heavy atom. The van der Waals surface area contributed by atoms with Crippen molar-refractivity contribution < 1.29 is 28.4 Å². The summed E-state index contributed by atoms with van der Waals surface area (Å²) in [6.07, 6.45) is 7.23. The lowest BCUT2D eigenvalue weighted by molar-refractivity contribution is -0.151. The van der Waals surface area contributed by atoms with Crippen molar-refractivity contribution in [3.63, 3.8) is 0 Å². The van der Waals surface area contributed by atoms with Gasteiger partial charge in [-0.2, -0.15) is 0 Å². The van der Waals surface area contributed by atoms with Crippen LogP contribution in [0.3, 0.4) is 0 Å². The van der Waals surface area contributed by atoms with Gasteiger partial charge in [0.1, 0.15) is 17.7 Å². The lowest BCUT2D eigenvalue weighted by Crippen LogP contribution is -2.44. The molecule has 7 nitrogen and oxygen atoms in total.